The van der Waals surface area contributed by atoms with Crippen LogP contribution >= 0.6 is 15.9 Å². The van der Waals surface area contributed by atoms with Gasteiger partial charge in [-0.2, -0.15) is 13.2 Å². The predicted octanol–water partition coefficient (Wildman–Crippen LogP) is 7.56. The van der Waals surface area contributed by atoms with Crippen LogP contribution in [0.15, 0.2) is 74.3 Å². The highest BCUT2D eigenvalue weighted by Gasteiger charge is 2.40. The van der Waals surface area contributed by atoms with E-state index in [0.29, 0.717) is 5.56 Å². The van der Waals surface area contributed by atoms with Gasteiger partial charge in [0.05, 0.1) is 5.39 Å². The Hall–Kier alpha value is -3.26. The van der Waals surface area contributed by atoms with Gasteiger partial charge >= 0.3 is 6.18 Å². The number of aryl methyl sites for hydroxylation is 2. The maximum Gasteiger partial charge on any atom is 0.453 e. The number of hydrogen-bond donors (Lipinski definition) is 0. The Bertz CT molecular complexity index is 1380. The molecule has 4 rings (SSSR count). The lowest BCUT2D eigenvalue weighted by Crippen LogP contribution is -2.15. The van der Waals surface area contributed by atoms with Crippen LogP contribution in [-0.4, -0.2) is 0 Å². The van der Waals surface area contributed by atoms with Crippen LogP contribution in [0.1, 0.15) is 22.5 Å². The zero-order chi connectivity index (χ0) is 23.8. The summed E-state index contributed by atoms with van der Waals surface area (Å²) in [7, 11) is 0. The Morgan fingerprint density at radius 1 is 0.970 bits per heavy atom. The van der Waals surface area contributed by atoms with Crippen molar-refractivity contribution < 1.29 is 27.1 Å². The molecule has 0 N–H and O–H groups in total. The van der Waals surface area contributed by atoms with Gasteiger partial charge in [-0.1, -0.05) is 40.2 Å². The molecular weight excluding hydrogens is 501 g/mol. The van der Waals surface area contributed by atoms with Gasteiger partial charge in [-0.25, -0.2) is 0 Å². The molecule has 4 nitrogen and oxygen atoms in total. The van der Waals surface area contributed by atoms with Crippen molar-refractivity contribution in [2.24, 2.45) is 0 Å². The summed E-state index contributed by atoms with van der Waals surface area (Å²) in [5, 5.41) is -0.0423. The fourth-order valence-corrected chi connectivity index (χ4v) is 3.46. The van der Waals surface area contributed by atoms with E-state index in [9.17, 15) is 18.0 Å². The van der Waals surface area contributed by atoms with E-state index in [-0.39, 0.29) is 29.1 Å². The van der Waals surface area contributed by atoms with Crippen LogP contribution in [0.4, 0.5) is 13.2 Å². The third-order valence-corrected chi connectivity index (χ3v) is 5.48. The molecule has 33 heavy (non-hydrogen) atoms. The Labute approximate surface area is 195 Å². The van der Waals surface area contributed by atoms with Crippen molar-refractivity contribution >= 4 is 26.9 Å². The number of benzene rings is 3. The summed E-state index contributed by atoms with van der Waals surface area (Å²) in [5.74, 6) is -1.97. The van der Waals surface area contributed by atoms with Crippen LogP contribution < -0.4 is 14.9 Å². The molecule has 0 aliphatic heterocycles. The number of ether oxygens (including phenoxy) is 2. The maximum atomic E-state index is 13.8. The summed E-state index contributed by atoms with van der Waals surface area (Å²) in [4.78, 5) is 13.0. The Morgan fingerprint density at radius 2 is 1.70 bits per heavy atom. The first-order valence-electron chi connectivity index (χ1n) is 9.92. The zero-order valence-corrected chi connectivity index (χ0v) is 19.2. The molecule has 0 radical (unpaired) electrons. The van der Waals surface area contributed by atoms with Gasteiger partial charge in [-0.3, -0.25) is 4.79 Å². The van der Waals surface area contributed by atoms with E-state index < -0.39 is 23.1 Å². The van der Waals surface area contributed by atoms with Crippen LogP contribution in [0.5, 0.6) is 17.2 Å². The van der Waals surface area contributed by atoms with Gasteiger partial charge < -0.3 is 13.9 Å². The molecule has 0 aliphatic rings. The Kier molecular flexibility index (Phi) is 6.21. The first-order chi connectivity index (χ1) is 15.6. The second kappa shape index (κ2) is 8.94. The fourth-order valence-electron chi connectivity index (χ4n) is 3.20. The highest BCUT2D eigenvalue weighted by molar-refractivity contribution is 9.10. The van der Waals surface area contributed by atoms with E-state index in [1.54, 1.807) is 32.0 Å². The van der Waals surface area contributed by atoms with E-state index in [2.05, 4.69) is 15.9 Å². The molecule has 0 bridgehead atoms. The lowest BCUT2D eigenvalue weighted by Gasteiger charge is -2.15. The summed E-state index contributed by atoms with van der Waals surface area (Å²) in [6.07, 6.45) is -4.94. The summed E-state index contributed by atoms with van der Waals surface area (Å²) in [6, 6.07) is 16.6. The standard InChI is InChI=1S/C25H18BrF3O4/c1-14-3-4-15(2)20(11-14)32-23-22(30)19-10-9-18(12-21(19)33-24(23)25(27,28)29)31-13-16-5-7-17(26)8-6-16/h3-12H,13H2,1-2H3. The summed E-state index contributed by atoms with van der Waals surface area (Å²) in [6.45, 7) is 3.65. The lowest BCUT2D eigenvalue weighted by molar-refractivity contribution is -0.154. The minimum Gasteiger partial charge on any atom is -0.489 e. The highest BCUT2D eigenvalue weighted by atomic mass is 79.9. The largest absolute Gasteiger partial charge is 0.489 e. The molecule has 170 valence electrons. The van der Waals surface area contributed by atoms with Crippen molar-refractivity contribution in [3.8, 4) is 17.2 Å². The van der Waals surface area contributed by atoms with Gasteiger partial charge in [0.1, 0.15) is 23.7 Å². The smallest absolute Gasteiger partial charge is 0.453 e. The van der Waals surface area contributed by atoms with Crippen molar-refractivity contribution in [2.75, 3.05) is 0 Å². The summed E-state index contributed by atoms with van der Waals surface area (Å²) in [5.41, 5.74) is 1.08. The first kappa shape index (κ1) is 22.9. The van der Waals surface area contributed by atoms with E-state index >= 15 is 0 Å². The third-order valence-electron chi connectivity index (χ3n) is 4.95. The maximum absolute atomic E-state index is 13.8. The molecule has 0 aliphatic carbocycles. The number of alkyl halides is 3. The number of fused-ring (bicyclic) bond motifs is 1. The minimum atomic E-state index is -4.94. The van der Waals surface area contributed by atoms with Crippen LogP contribution in [0.2, 0.25) is 0 Å². The molecule has 0 amide bonds. The fraction of sp³-hybridized carbons (Fsp3) is 0.160. The topological polar surface area (TPSA) is 48.7 Å². The summed E-state index contributed by atoms with van der Waals surface area (Å²) < 4.78 is 58.6. The predicted molar refractivity (Wildman–Crippen MR) is 122 cm³/mol. The Morgan fingerprint density at radius 3 is 2.39 bits per heavy atom. The average molecular weight is 519 g/mol. The van der Waals surface area contributed by atoms with E-state index in [1.807, 2.05) is 24.3 Å². The molecule has 4 aromatic rings. The van der Waals surface area contributed by atoms with Gasteiger partial charge in [0.15, 0.2) is 0 Å². The molecule has 0 unspecified atom stereocenters. The third kappa shape index (κ3) is 5.06. The molecule has 8 heteroatoms. The molecule has 1 heterocycles. The normalized spacial score (nSPS) is 11.6. The van der Waals surface area contributed by atoms with Crippen LogP contribution in [0, 0.1) is 13.8 Å². The second-order valence-electron chi connectivity index (χ2n) is 7.53. The molecule has 0 fully saturated rings. The Balaban J connectivity index is 1.74. The van der Waals surface area contributed by atoms with Crippen molar-refractivity contribution in [3.63, 3.8) is 0 Å². The second-order valence-corrected chi connectivity index (χ2v) is 8.45. The summed E-state index contributed by atoms with van der Waals surface area (Å²) >= 11 is 3.35. The SMILES string of the molecule is Cc1ccc(C)c(Oc2c(C(F)(F)F)oc3cc(OCc4ccc(Br)cc4)ccc3c2=O)c1. The molecule has 0 saturated heterocycles. The lowest BCUT2D eigenvalue weighted by atomic mass is 10.1. The van der Waals surface area contributed by atoms with Gasteiger partial charge in [-0.05, 0) is 60.9 Å². The van der Waals surface area contributed by atoms with Crippen LogP contribution in [-0.2, 0) is 12.8 Å². The molecule has 3 aromatic carbocycles. The van der Waals surface area contributed by atoms with E-state index in [0.717, 1.165) is 15.6 Å². The molecular formula is C25H18BrF3O4. The first-order valence-corrected chi connectivity index (χ1v) is 10.7. The number of halogens is 4. The molecule has 0 atom stereocenters. The van der Waals surface area contributed by atoms with Crippen molar-refractivity contribution in [2.45, 2.75) is 26.6 Å². The van der Waals surface area contributed by atoms with E-state index in [1.165, 1.54) is 18.2 Å². The van der Waals surface area contributed by atoms with Crippen LogP contribution in [0.25, 0.3) is 11.0 Å². The van der Waals surface area contributed by atoms with Gasteiger partial charge in [-0.15, -0.1) is 0 Å². The van der Waals surface area contributed by atoms with Crippen molar-refractivity contribution in [1.29, 1.82) is 0 Å². The van der Waals surface area contributed by atoms with Gasteiger partial charge in [0.2, 0.25) is 11.2 Å². The monoisotopic (exact) mass is 518 g/mol. The van der Waals surface area contributed by atoms with Crippen molar-refractivity contribution in [1.82, 2.24) is 0 Å². The van der Waals surface area contributed by atoms with Crippen molar-refractivity contribution in [3.05, 3.63) is 97.8 Å². The van der Waals surface area contributed by atoms with Gasteiger partial charge in [0.25, 0.3) is 5.76 Å². The molecule has 0 saturated carbocycles. The van der Waals surface area contributed by atoms with E-state index in [4.69, 9.17) is 13.9 Å². The average Bonchev–Trinajstić information content (AvgIpc) is 2.76. The quantitative estimate of drug-likeness (QED) is 0.273. The highest BCUT2D eigenvalue weighted by Crippen LogP contribution is 2.39. The molecule has 1 aromatic heterocycles. The van der Waals surface area contributed by atoms with Gasteiger partial charge in [0, 0.05) is 10.5 Å². The number of hydrogen-bond acceptors (Lipinski definition) is 4. The zero-order valence-electron chi connectivity index (χ0n) is 17.6. The minimum absolute atomic E-state index is 0.0423. The number of rotatable bonds is 5. The van der Waals surface area contributed by atoms with Crippen LogP contribution in [0.3, 0.4) is 0 Å². The molecule has 0 spiro atoms.